The molecular weight excluding hydrogens is 514 g/mol. The van der Waals surface area contributed by atoms with Crippen molar-refractivity contribution in [1.29, 1.82) is 0 Å². The number of amides is 2. The van der Waals surface area contributed by atoms with Crippen molar-refractivity contribution in [1.82, 2.24) is 20.4 Å². The van der Waals surface area contributed by atoms with E-state index in [2.05, 4.69) is 31.1 Å². The molecule has 0 aromatic rings. The molecular formula is C29H49N5O6. The van der Waals surface area contributed by atoms with Crippen LogP contribution < -0.4 is 10.6 Å². The minimum Gasteiger partial charge on any atom is -0.445 e. The minimum absolute atomic E-state index is 0.0217. The molecule has 2 saturated heterocycles. The van der Waals surface area contributed by atoms with Crippen LogP contribution in [0.2, 0.25) is 0 Å². The van der Waals surface area contributed by atoms with Crippen LogP contribution in [0.25, 0.3) is 0 Å². The van der Waals surface area contributed by atoms with Crippen LogP contribution >= 0.6 is 0 Å². The highest BCUT2D eigenvalue weighted by molar-refractivity contribution is 5.97. The summed E-state index contributed by atoms with van der Waals surface area (Å²) in [6.45, 7) is 11.0. The SMILES string of the molecule is C=CCOC(=O)NC(=NC(CC(C)(C)C1CCCCC1)C(=O)NC1C(=O)COCC1CN(C)C)N1CCOCC1. The van der Waals surface area contributed by atoms with Crippen molar-refractivity contribution in [2.45, 2.75) is 64.5 Å². The largest absolute Gasteiger partial charge is 0.445 e. The van der Waals surface area contributed by atoms with Gasteiger partial charge in [0.2, 0.25) is 11.9 Å². The molecule has 0 radical (unpaired) electrons. The van der Waals surface area contributed by atoms with Crippen LogP contribution in [0, 0.1) is 17.3 Å². The third-order valence-electron chi connectivity index (χ3n) is 8.16. The number of Topliss-reactive ketones (excluding diaryl/α,β-unsaturated/α-hetero) is 1. The maximum atomic E-state index is 14.0. The number of guanidine groups is 1. The first kappa shape index (κ1) is 32.0. The van der Waals surface area contributed by atoms with Gasteiger partial charge in [0.15, 0.2) is 5.78 Å². The standard InChI is InChI=1S/C29H49N5O6/c1-6-14-40-28(37)32-27(34-12-15-38-16-13-34)30-23(17-29(2,3)22-10-8-7-9-11-22)26(36)31-25-21(18-33(4)5)19-39-20-24(25)35/h6,21-23,25H,1,7-20H2,2-5H3,(H,31,36)(H,30,32,37). The average molecular weight is 564 g/mol. The van der Waals surface area contributed by atoms with E-state index in [1.165, 1.54) is 25.3 Å². The zero-order valence-electron chi connectivity index (χ0n) is 24.8. The second-order valence-corrected chi connectivity index (χ2v) is 12.1. The molecule has 11 nitrogen and oxygen atoms in total. The lowest BCUT2D eigenvalue weighted by atomic mass is 9.68. The lowest BCUT2D eigenvalue weighted by molar-refractivity contribution is -0.138. The zero-order chi connectivity index (χ0) is 29.1. The topological polar surface area (TPSA) is 122 Å². The molecule has 40 heavy (non-hydrogen) atoms. The number of rotatable bonds is 10. The van der Waals surface area contributed by atoms with E-state index in [4.69, 9.17) is 19.2 Å². The number of hydrogen-bond donors (Lipinski definition) is 2. The van der Waals surface area contributed by atoms with Gasteiger partial charge in [-0.05, 0) is 44.7 Å². The van der Waals surface area contributed by atoms with Crippen LogP contribution in [0.5, 0.6) is 0 Å². The van der Waals surface area contributed by atoms with Crippen molar-refractivity contribution in [2.24, 2.45) is 22.2 Å². The van der Waals surface area contributed by atoms with Gasteiger partial charge in [0, 0.05) is 25.6 Å². The Labute approximate surface area is 239 Å². The molecule has 2 N–H and O–H groups in total. The fourth-order valence-electron chi connectivity index (χ4n) is 5.96. The van der Waals surface area contributed by atoms with E-state index < -0.39 is 18.2 Å². The van der Waals surface area contributed by atoms with Gasteiger partial charge >= 0.3 is 6.09 Å². The summed E-state index contributed by atoms with van der Waals surface area (Å²) in [6.07, 6.45) is 7.17. The van der Waals surface area contributed by atoms with Crippen LogP contribution in [0.3, 0.4) is 0 Å². The molecule has 3 aliphatic rings. The molecule has 0 bridgehead atoms. The molecule has 3 rings (SSSR count). The van der Waals surface area contributed by atoms with E-state index in [0.29, 0.717) is 51.8 Å². The lowest BCUT2D eigenvalue weighted by Crippen LogP contribution is -2.57. The Kier molecular flexibility index (Phi) is 12.4. The number of aliphatic imine (C=N–C) groups is 1. The minimum atomic E-state index is -0.815. The van der Waals surface area contributed by atoms with Crippen molar-refractivity contribution in [3.63, 3.8) is 0 Å². The number of carbonyl (C=O) groups is 3. The predicted octanol–water partition coefficient (Wildman–Crippen LogP) is 2.21. The molecule has 0 aromatic carbocycles. The van der Waals surface area contributed by atoms with Gasteiger partial charge in [0.05, 0.1) is 25.9 Å². The van der Waals surface area contributed by atoms with Gasteiger partial charge < -0.3 is 29.3 Å². The summed E-state index contributed by atoms with van der Waals surface area (Å²) in [6, 6.07) is -1.47. The fourth-order valence-corrected chi connectivity index (χ4v) is 5.96. The predicted molar refractivity (Wildman–Crippen MR) is 153 cm³/mol. The highest BCUT2D eigenvalue weighted by Crippen LogP contribution is 2.41. The van der Waals surface area contributed by atoms with Gasteiger partial charge in [-0.15, -0.1) is 0 Å². The van der Waals surface area contributed by atoms with Crippen molar-refractivity contribution >= 4 is 23.7 Å². The summed E-state index contributed by atoms with van der Waals surface area (Å²) in [4.78, 5) is 48.2. The second kappa shape index (κ2) is 15.5. The van der Waals surface area contributed by atoms with E-state index >= 15 is 0 Å². The number of alkyl carbamates (subject to hydrolysis) is 1. The second-order valence-electron chi connectivity index (χ2n) is 12.1. The molecule has 3 atom stereocenters. The Balaban J connectivity index is 1.91. The number of carbonyl (C=O) groups excluding carboxylic acids is 3. The van der Waals surface area contributed by atoms with Crippen molar-refractivity contribution in [3.8, 4) is 0 Å². The molecule has 1 saturated carbocycles. The van der Waals surface area contributed by atoms with Gasteiger partial charge in [-0.25, -0.2) is 9.79 Å². The first-order valence-electron chi connectivity index (χ1n) is 14.6. The molecule has 0 aromatic heterocycles. The Morgan fingerprint density at radius 3 is 2.55 bits per heavy atom. The van der Waals surface area contributed by atoms with Crippen LogP contribution in [0.4, 0.5) is 4.79 Å². The highest BCUT2D eigenvalue weighted by Gasteiger charge is 2.39. The van der Waals surface area contributed by atoms with E-state index in [-0.39, 0.29) is 42.2 Å². The summed E-state index contributed by atoms with van der Waals surface area (Å²) in [5.74, 6) is 0.123. The number of hydrogen-bond acceptors (Lipinski definition) is 8. The molecule has 2 amide bonds. The molecule has 3 fully saturated rings. The van der Waals surface area contributed by atoms with Crippen LogP contribution in [0.15, 0.2) is 17.6 Å². The molecule has 2 heterocycles. The van der Waals surface area contributed by atoms with Gasteiger partial charge in [0.1, 0.15) is 19.3 Å². The lowest BCUT2D eigenvalue weighted by Gasteiger charge is -2.39. The number of nitrogens with zero attached hydrogens (tertiary/aromatic N) is 3. The van der Waals surface area contributed by atoms with Crippen LogP contribution in [-0.2, 0) is 23.8 Å². The van der Waals surface area contributed by atoms with Gasteiger partial charge in [-0.1, -0.05) is 45.8 Å². The highest BCUT2D eigenvalue weighted by atomic mass is 16.5. The van der Waals surface area contributed by atoms with Gasteiger partial charge in [0.25, 0.3) is 0 Å². The molecule has 2 aliphatic heterocycles. The monoisotopic (exact) mass is 563 g/mol. The van der Waals surface area contributed by atoms with E-state index in [1.54, 1.807) is 0 Å². The van der Waals surface area contributed by atoms with E-state index in [1.807, 2.05) is 23.9 Å². The molecule has 11 heteroatoms. The van der Waals surface area contributed by atoms with Crippen LogP contribution in [-0.4, -0.2) is 112 Å². The molecule has 0 spiro atoms. The summed E-state index contributed by atoms with van der Waals surface area (Å²) in [7, 11) is 3.87. The Hall–Kier alpha value is -2.50. The quantitative estimate of drug-likeness (QED) is 0.236. The third-order valence-corrected chi connectivity index (χ3v) is 8.16. The van der Waals surface area contributed by atoms with Gasteiger partial charge in [-0.2, -0.15) is 0 Å². The van der Waals surface area contributed by atoms with Crippen molar-refractivity contribution < 1.29 is 28.6 Å². The van der Waals surface area contributed by atoms with Crippen molar-refractivity contribution in [3.05, 3.63) is 12.7 Å². The zero-order valence-corrected chi connectivity index (χ0v) is 24.8. The van der Waals surface area contributed by atoms with Crippen molar-refractivity contribution in [2.75, 3.05) is 66.8 Å². The Bertz CT molecular complexity index is 895. The molecule has 226 valence electrons. The first-order valence-corrected chi connectivity index (χ1v) is 14.6. The first-order chi connectivity index (χ1) is 19.1. The molecule has 1 aliphatic carbocycles. The smallest absolute Gasteiger partial charge is 0.414 e. The fraction of sp³-hybridized carbons (Fsp3) is 0.793. The summed E-state index contributed by atoms with van der Waals surface area (Å²) < 4.78 is 16.2. The third kappa shape index (κ3) is 9.55. The van der Waals surface area contributed by atoms with E-state index in [0.717, 1.165) is 12.8 Å². The Morgan fingerprint density at radius 1 is 1.20 bits per heavy atom. The Morgan fingerprint density at radius 2 is 1.90 bits per heavy atom. The van der Waals surface area contributed by atoms with Gasteiger partial charge in [-0.3, -0.25) is 14.9 Å². The number of nitrogens with one attached hydrogen (secondary N) is 2. The van der Waals surface area contributed by atoms with E-state index in [9.17, 15) is 14.4 Å². The summed E-state index contributed by atoms with van der Waals surface area (Å²) in [5, 5.41) is 5.80. The summed E-state index contributed by atoms with van der Waals surface area (Å²) >= 11 is 0. The number of ether oxygens (including phenoxy) is 3. The number of ketones is 1. The maximum absolute atomic E-state index is 14.0. The maximum Gasteiger partial charge on any atom is 0.414 e. The summed E-state index contributed by atoms with van der Waals surface area (Å²) in [5.41, 5.74) is -0.173. The number of morpholine rings is 1. The normalized spacial score (nSPS) is 24.0. The average Bonchev–Trinajstić information content (AvgIpc) is 2.93. The molecule has 3 unspecified atom stereocenters. The van der Waals surface area contributed by atoms with Crippen LogP contribution in [0.1, 0.15) is 52.4 Å².